The second-order valence-electron chi connectivity index (χ2n) is 9.42. The molecule has 3 aromatic rings. The third kappa shape index (κ3) is 4.44. The first-order valence-corrected chi connectivity index (χ1v) is 11.9. The van der Waals surface area contributed by atoms with Gasteiger partial charge < -0.3 is 14.2 Å². The molecule has 0 unspecified atom stereocenters. The molecule has 1 saturated heterocycles. The van der Waals surface area contributed by atoms with Crippen LogP contribution in [0.5, 0.6) is 0 Å². The number of carbonyl (C=O) groups is 1. The van der Waals surface area contributed by atoms with E-state index in [2.05, 4.69) is 47.0 Å². The summed E-state index contributed by atoms with van der Waals surface area (Å²) in [6.07, 6.45) is 8.24. The van der Waals surface area contributed by atoms with Crippen LogP contribution in [-0.2, 0) is 4.79 Å². The van der Waals surface area contributed by atoms with E-state index in [0.717, 1.165) is 55.7 Å². The number of fused-ring (bicyclic) bond motifs is 1. The van der Waals surface area contributed by atoms with Gasteiger partial charge in [-0.2, -0.15) is 0 Å². The molecule has 172 valence electrons. The Balaban J connectivity index is 1.50. The van der Waals surface area contributed by atoms with Gasteiger partial charge in [-0.15, -0.1) is 0 Å². The number of aromatic nitrogens is 2. The molecule has 0 bridgehead atoms. The number of hydrogen-bond donors (Lipinski definition) is 0. The Hall–Kier alpha value is -2.99. The Labute approximate surface area is 194 Å². The van der Waals surface area contributed by atoms with Gasteiger partial charge in [-0.3, -0.25) is 4.79 Å². The van der Waals surface area contributed by atoms with Crippen LogP contribution in [0.3, 0.4) is 0 Å². The topological polar surface area (TPSA) is 40.9 Å². The van der Waals surface area contributed by atoms with Crippen molar-refractivity contribution >= 4 is 28.8 Å². The molecule has 33 heavy (non-hydrogen) atoms. The predicted molar refractivity (Wildman–Crippen MR) is 131 cm³/mol. The van der Waals surface area contributed by atoms with Gasteiger partial charge >= 0.3 is 0 Å². The van der Waals surface area contributed by atoms with Gasteiger partial charge in [0.2, 0.25) is 0 Å². The summed E-state index contributed by atoms with van der Waals surface area (Å²) in [7, 11) is 2.15. The van der Waals surface area contributed by atoms with Crippen LogP contribution in [-0.4, -0.2) is 53.3 Å². The van der Waals surface area contributed by atoms with Crippen LogP contribution >= 0.6 is 0 Å². The Morgan fingerprint density at radius 3 is 2.58 bits per heavy atom. The van der Waals surface area contributed by atoms with Crippen LogP contribution in [0.2, 0.25) is 0 Å². The molecule has 2 aromatic heterocycles. The summed E-state index contributed by atoms with van der Waals surface area (Å²) in [5.74, 6) is 0.119. The van der Waals surface area contributed by atoms with Gasteiger partial charge in [-0.05, 0) is 73.7 Å². The molecule has 1 aromatic carbocycles. The lowest BCUT2D eigenvalue weighted by Crippen LogP contribution is -2.44. The number of likely N-dealkylation sites (N-methyl/N-ethyl adjacent to an activating group) is 1. The number of hydrogen-bond acceptors (Lipinski definition) is 4. The van der Waals surface area contributed by atoms with Crippen molar-refractivity contribution in [1.82, 2.24) is 14.3 Å². The molecule has 0 radical (unpaired) electrons. The van der Waals surface area contributed by atoms with E-state index in [1.165, 1.54) is 5.69 Å². The lowest BCUT2D eigenvalue weighted by atomic mass is 9.99. The second kappa shape index (κ2) is 8.75. The van der Waals surface area contributed by atoms with Gasteiger partial charge in [0.05, 0.1) is 5.69 Å². The molecule has 1 aliphatic carbocycles. The minimum atomic E-state index is -0.332. The summed E-state index contributed by atoms with van der Waals surface area (Å²) >= 11 is 0. The molecule has 5 nitrogen and oxygen atoms in total. The van der Waals surface area contributed by atoms with E-state index in [1.807, 2.05) is 19.2 Å². The van der Waals surface area contributed by atoms with Crippen molar-refractivity contribution in [3.63, 3.8) is 0 Å². The standard InChI is InChI=1S/C27H31FN4O/c1-4-26(33)23(25-17-32-16-21(19-5-6-19)15-24(28)27(32)29-25)14-20-7-8-22(13-18(20)2)31-11-9-30(3)10-12-31/h7-8,13-17,19H,4-6,9-12H2,1-3H3/b23-14-. The summed E-state index contributed by atoms with van der Waals surface area (Å²) in [5.41, 5.74) is 5.64. The van der Waals surface area contributed by atoms with Crippen LogP contribution in [0.15, 0.2) is 36.7 Å². The number of Topliss-reactive ketones (excluding diaryl/α,β-unsaturated/α-hetero) is 1. The normalized spacial score (nSPS) is 17.7. The van der Waals surface area contributed by atoms with Crippen molar-refractivity contribution in [2.75, 3.05) is 38.1 Å². The van der Waals surface area contributed by atoms with Crippen LogP contribution < -0.4 is 4.90 Å². The van der Waals surface area contributed by atoms with Crippen LogP contribution in [0.25, 0.3) is 17.3 Å². The number of nitrogens with zero attached hydrogens (tertiary/aromatic N) is 4. The molecule has 1 saturated carbocycles. The highest BCUT2D eigenvalue weighted by molar-refractivity contribution is 6.24. The van der Waals surface area contributed by atoms with Gasteiger partial charge in [0.25, 0.3) is 0 Å². The van der Waals surface area contributed by atoms with E-state index in [1.54, 1.807) is 16.7 Å². The Morgan fingerprint density at radius 2 is 1.91 bits per heavy atom. The van der Waals surface area contributed by atoms with Crippen molar-refractivity contribution in [1.29, 1.82) is 0 Å². The molecule has 0 N–H and O–H groups in total. The number of pyridine rings is 1. The zero-order valence-corrected chi connectivity index (χ0v) is 19.6. The molecular formula is C27H31FN4O. The summed E-state index contributed by atoms with van der Waals surface area (Å²) < 4.78 is 16.5. The molecule has 2 fully saturated rings. The molecule has 1 aliphatic heterocycles. The fourth-order valence-corrected chi connectivity index (χ4v) is 4.57. The average molecular weight is 447 g/mol. The molecule has 0 amide bonds. The van der Waals surface area contributed by atoms with Gasteiger partial charge in [0, 0.05) is 56.3 Å². The summed E-state index contributed by atoms with van der Waals surface area (Å²) in [5, 5.41) is 0. The number of piperazine rings is 1. The first-order chi connectivity index (χ1) is 15.9. The Bertz CT molecular complexity index is 1230. The number of rotatable bonds is 6. The number of aryl methyl sites for hydroxylation is 1. The van der Waals surface area contributed by atoms with Gasteiger partial charge in [0.1, 0.15) is 0 Å². The number of ketones is 1. The van der Waals surface area contributed by atoms with E-state index in [9.17, 15) is 9.18 Å². The zero-order valence-electron chi connectivity index (χ0n) is 19.6. The van der Waals surface area contributed by atoms with E-state index >= 15 is 0 Å². The highest BCUT2D eigenvalue weighted by Gasteiger charge is 2.26. The molecule has 5 rings (SSSR count). The number of carbonyl (C=O) groups excluding carboxylic acids is 1. The van der Waals surface area contributed by atoms with Crippen molar-refractivity contribution in [3.8, 4) is 0 Å². The Kier molecular flexibility index (Phi) is 5.79. The number of anilines is 1. The van der Waals surface area contributed by atoms with Crippen molar-refractivity contribution in [2.45, 2.75) is 39.0 Å². The highest BCUT2D eigenvalue weighted by Crippen LogP contribution is 2.40. The smallest absolute Gasteiger partial charge is 0.173 e. The van der Waals surface area contributed by atoms with Crippen molar-refractivity contribution in [2.24, 2.45) is 0 Å². The summed E-state index contributed by atoms with van der Waals surface area (Å²) in [6.45, 7) is 8.07. The second-order valence-corrected chi connectivity index (χ2v) is 9.42. The SMILES string of the molecule is CCC(=O)/C(=C\c1ccc(N2CCN(C)CC2)cc1C)c1cn2cc(C3CC3)cc(F)c2n1. The van der Waals surface area contributed by atoms with E-state index in [0.29, 0.717) is 23.6 Å². The van der Waals surface area contributed by atoms with E-state index in [4.69, 9.17) is 0 Å². The molecular weight excluding hydrogens is 415 g/mol. The van der Waals surface area contributed by atoms with Crippen LogP contribution in [0.4, 0.5) is 10.1 Å². The monoisotopic (exact) mass is 446 g/mol. The minimum absolute atomic E-state index is 0.00350. The van der Waals surface area contributed by atoms with E-state index in [-0.39, 0.29) is 17.2 Å². The molecule has 6 heteroatoms. The molecule has 3 heterocycles. The number of benzene rings is 1. The highest BCUT2D eigenvalue weighted by atomic mass is 19.1. The largest absolute Gasteiger partial charge is 0.369 e. The number of imidazole rings is 1. The van der Waals surface area contributed by atoms with E-state index < -0.39 is 0 Å². The summed E-state index contributed by atoms with van der Waals surface area (Å²) in [6, 6.07) is 7.99. The minimum Gasteiger partial charge on any atom is -0.369 e. The first kappa shape index (κ1) is 21.8. The lowest BCUT2D eigenvalue weighted by Gasteiger charge is -2.34. The number of halogens is 1. The zero-order chi connectivity index (χ0) is 23.1. The maximum atomic E-state index is 14.7. The third-order valence-electron chi connectivity index (χ3n) is 6.90. The molecule has 0 spiro atoms. The van der Waals surface area contributed by atoms with Gasteiger partial charge in [0.15, 0.2) is 17.2 Å². The summed E-state index contributed by atoms with van der Waals surface area (Å²) in [4.78, 5) is 22.2. The molecule has 2 aliphatic rings. The fraction of sp³-hybridized carbons (Fsp3) is 0.407. The van der Waals surface area contributed by atoms with Crippen molar-refractivity contribution in [3.05, 3.63) is 64.9 Å². The van der Waals surface area contributed by atoms with Gasteiger partial charge in [-0.25, -0.2) is 9.37 Å². The Morgan fingerprint density at radius 1 is 1.15 bits per heavy atom. The average Bonchev–Trinajstić information content (AvgIpc) is 3.57. The number of allylic oxidation sites excluding steroid dienone is 1. The van der Waals surface area contributed by atoms with Crippen LogP contribution in [0, 0.1) is 12.7 Å². The first-order valence-electron chi connectivity index (χ1n) is 11.9. The third-order valence-corrected chi connectivity index (χ3v) is 6.90. The lowest BCUT2D eigenvalue weighted by molar-refractivity contribution is -0.113. The quantitative estimate of drug-likeness (QED) is 0.504. The van der Waals surface area contributed by atoms with Crippen LogP contribution in [0.1, 0.15) is 54.5 Å². The van der Waals surface area contributed by atoms with Gasteiger partial charge in [-0.1, -0.05) is 13.0 Å². The maximum Gasteiger partial charge on any atom is 0.173 e. The fourth-order valence-electron chi connectivity index (χ4n) is 4.57. The van der Waals surface area contributed by atoms with Crippen molar-refractivity contribution < 1.29 is 9.18 Å². The maximum absolute atomic E-state index is 14.7. The molecule has 0 atom stereocenters. The predicted octanol–water partition coefficient (Wildman–Crippen LogP) is 4.93.